The van der Waals surface area contributed by atoms with Crippen molar-refractivity contribution in [3.8, 4) is 0 Å². The van der Waals surface area contributed by atoms with Gasteiger partial charge in [-0.15, -0.1) is 0 Å². The Labute approximate surface area is 137 Å². The molecule has 0 spiro atoms. The Hall–Kier alpha value is -2.09. The van der Waals surface area contributed by atoms with Crippen LogP contribution in [0.2, 0.25) is 0 Å². The third-order valence-corrected chi connectivity index (χ3v) is 4.16. The molecule has 1 fully saturated rings. The van der Waals surface area contributed by atoms with E-state index in [4.69, 9.17) is 10.5 Å². The van der Waals surface area contributed by atoms with Crippen molar-refractivity contribution in [3.05, 3.63) is 35.4 Å². The molecule has 1 aliphatic rings. The fourth-order valence-electron chi connectivity index (χ4n) is 2.58. The fourth-order valence-corrected chi connectivity index (χ4v) is 2.58. The van der Waals surface area contributed by atoms with E-state index >= 15 is 0 Å². The predicted octanol–water partition coefficient (Wildman–Crippen LogP) is 1.95. The van der Waals surface area contributed by atoms with Gasteiger partial charge in [0, 0.05) is 6.61 Å². The molecule has 2 amide bonds. The van der Waals surface area contributed by atoms with Crippen LogP contribution >= 0.6 is 0 Å². The number of primary amides is 1. The molecule has 2 rings (SSSR count). The minimum absolute atomic E-state index is 0.0186. The molecular formula is C16H19F3N2O3. The van der Waals surface area contributed by atoms with Crippen molar-refractivity contribution in [2.75, 3.05) is 13.2 Å². The van der Waals surface area contributed by atoms with Crippen molar-refractivity contribution in [1.29, 1.82) is 0 Å². The Bertz CT molecular complexity index is 627. The molecule has 8 heteroatoms. The first kappa shape index (κ1) is 18.3. The van der Waals surface area contributed by atoms with Gasteiger partial charge in [-0.1, -0.05) is 12.1 Å². The van der Waals surface area contributed by atoms with Crippen LogP contribution in [-0.4, -0.2) is 25.0 Å². The standard InChI is InChI=1S/C16H19F3N2O3/c1-15(14(20)23,21-13(22)10-4-3-7-24-9-10)11-5-2-6-12(8-11)16(17,18)19/h2,5-6,8,10H,3-4,7,9H2,1H3,(H2,20,23)(H,21,22)/t10-,15+/m1/s1. The SMILES string of the molecule is C[C@@](NC(=O)[C@@H]1CCCOC1)(C(N)=O)c1cccc(C(F)(F)F)c1. The number of carbonyl (C=O) groups is 2. The molecule has 1 aromatic rings. The van der Waals surface area contributed by atoms with Crippen molar-refractivity contribution in [2.45, 2.75) is 31.5 Å². The highest BCUT2D eigenvalue weighted by Gasteiger charge is 2.39. The highest BCUT2D eigenvalue weighted by Crippen LogP contribution is 2.32. The molecule has 0 unspecified atom stereocenters. The Morgan fingerprint density at radius 3 is 2.50 bits per heavy atom. The maximum Gasteiger partial charge on any atom is 0.416 e. The number of ether oxygens (including phenoxy) is 1. The molecule has 0 saturated carbocycles. The molecule has 1 aliphatic heterocycles. The van der Waals surface area contributed by atoms with Gasteiger partial charge in [0.05, 0.1) is 18.1 Å². The van der Waals surface area contributed by atoms with Crippen LogP contribution in [0.1, 0.15) is 30.9 Å². The van der Waals surface area contributed by atoms with Gasteiger partial charge in [-0.05, 0) is 37.5 Å². The van der Waals surface area contributed by atoms with Crippen LogP contribution in [-0.2, 0) is 26.0 Å². The lowest BCUT2D eigenvalue weighted by atomic mass is 9.88. The summed E-state index contributed by atoms with van der Waals surface area (Å²) >= 11 is 0. The first-order chi connectivity index (χ1) is 11.1. The molecule has 3 N–H and O–H groups in total. The molecule has 24 heavy (non-hydrogen) atoms. The van der Waals surface area contributed by atoms with Gasteiger partial charge in [-0.3, -0.25) is 9.59 Å². The van der Waals surface area contributed by atoms with Crippen LogP contribution in [0.5, 0.6) is 0 Å². The highest BCUT2D eigenvalue weighted by atomic mass is 19.4. The molecule has 1 saturated heterocycles. The van der Waals surface area contributed by atoms with Gasteiger partial charge in [0.2, 0.25) is 11.8 Å². The maximum atomic E-state index is 12.9. The van der Waals surface area contributed by atoms with Crippen molar-refractivity contribution >= 4 is 11.8 Å². The lowest BCUT2D eigenvalue weighted by Crippen LogP contribution is -2.55. The third kappa shape index (κ3) is 3.87. The number of amides is 2. The molecule has 0 radical (unpaired) electrons. The monoisotopic (exact) mass is 344 g/mol. The second-order valence-corrected chi connectivity index (χ2v) is 5.97. The summed E-state index contributed by atoms with van der Waals surface area (Å²) in [5.41, 5.74) is 2.70. The average Bonchev–Trinajstić information content (AvgIpc) is 2.54. The summed E-state index contributed by atoms with van der Waals surface area (Å²) in [7, 11) is 0. The Morgan fingerprint density at radius 1 is 1.29 bits per heavy atom. The third-order valence-electron chi connectivity index (χ3n) is 4.16. The number of hydrogen-bond acceptors (Lipinski definition) is 3. The smallest absolute Gasteiger partial charge is 0.381 e. The molecule has 0 bridgehead atoms. The average molecular weight is 344 g/mol. The fraction of sp³-hybridized carbons (Fsp3) is 0.500. The summed E-state index contributed by atoms with van der Waals surface area (Å²) in [6, 6.07) is 4.22. The van der Waals surface area contributed by atoms with Crippen LogP contribution in [0.3, 0.4) is 0 Å². The summed E-state index contributed by atoms with van der Waals surface area (Å²) in [5.74, 6) is -1.86. The van der Waals surface area contributed by atoms with E-state index < -0.39 is 35.0 Å². The molecule has 1 heterocycles. The number of hydrogen-bond donors (Lipinski definition) is 2. The molecular weight excluding hydrogens is 325 g/mol. The van der Waals surface area contributed by atoms with E-state index in [1.165, 1.54) is 19.1 Å². The maximum absolute atomic E-state index is 12.9. The van der Waals surface area contributed by atoms with Crippen molar-refractivity contribution in [3.63, 3.8) is 0 Å². The minimum atomic E-state index is -4.56. The van der Waals surface area contributed by atoms with E-state index in [0.717, 1.165) is 12.1 Å². The summed E-state index contributed by atoms with van der Waals surface area (Å²) in [4.78, 5) is 24.2. The molecule has 1 aromatic carbocycles. The molecule has 5 nitrogen and oxygen atoms in total. The normalized spacial score (nSPS) is 20.9. The summed E-state index contributed by atoms with van der Waals surface area (Å²) in [6.45, 7) is 2.07. The molecule has 0 aromatic heterocycles. The van der Waals surface area contributed by atoms with Gasteiger partial charge in [0.15, 0.2) is 0 Å². The number of carbonyl (C=O) groups excluding carboxylic acids is 2. The first-order valence-electron chi connectivity index (χ1n) is 7.52. The van der Waals surface area contributed by atoms with Crippen molar-refractivity contribution in [1.82, 2.24) is 5.32 Å². The van der Waals surface area contributed by atoms with Crippen LogP contribution < -0.4 is 11.1 Å². The van der Waals surface area contributed by atoms with E-state index in [2.05, 4.69) is 5.32 Å². The van der Waals surface area contributed by atoms with Gasteiger partial charge >= 0.3 is 6.18 Å². The van der Waals surface area contributed by atoms with E-state index in [0.29, 0.717) is 19.4 Å². The van der Waals surface area contributed by atoms with Gasteiger partial charge < -0.3 is 15.8 Å². The number of benzene rings is 1. The Morgan fingerprint density at radius 2 is 1.96 bits per heavy atom. The second kappa shape index (κ2) is 6.80. The van der Waals surface area contributed by atoms with Crippen LogP contribution in [0.15, 0.2) is 24.3 Å². The molecule has 2 atom stereocenters. The van der Waals surface area contributed by atoms with E-state index in [-0.39, 0.29) is 12.2 Å². The van der Waals surface area contributed by atoms with E-state index in [1.807, 2.05) is 0 Å². The van der Waals surface area contributed by atoms with Gasteiger partial charge in [0.25, 0.3) is 0 Å². The summed E-state index contributed by atoms with van der Waals surface area (Å²) < 4.78 is 43.9. The Kier molecular flexibility index (Phi) is 5.17. The van der Waals surface area contributed by atoms with E-state index in [9.17, 15) is 22.8 Å². The minimum Gasteiger partial charge on any atom is -0.381 e. The quantitative estimate of drug-likeness (QED) is 0.876. The number of nitrogens with one attached hydrogen (secondary N) is 1. The van der Waals surface area contributed by atoms with Gasteiger partial charge in [0.1, 0.15) is 5.54 Å². The number of halogens is 3. The lowest BCUT2D eigenvalue weighted by molar-refractivity contribution is -0.138. The largest absolute Gasteiger partial charge is 0.416 e. The van der Waals surface area contributed by atoms with Gasteiger partial charge in [-0.2, -0.15) is 13.2 Å². The zero-order chi connectivity index (χ0) is 18.0. The van der Waals surface area contributed by atoms with Crippen LogP contribution in [0.25, 0.3) is 0 Å². The van der Waals surface area contributed by atoms with E-state index in [1.54, 1.807) is 0 Å². The summed E-state index contributed by atoms with van der Waals surface area (Å²) in [5, 5.41) is 2.50. The van der Waals surface area contributed by atoms with Crippen LogP contribution in [0.4, 0.5) is 13.2 Å². The second-order valence-electron chi connectivity index (χ2n) is 5.97. The van der Waals surface area contributed by atoms with Crippen LogP contribution in [0, 0.1) is 5.92 Å². The molecule has 0 aliphatic carbocycles. The van der Waals surface area contributed by atoms with Crippen molar-refractivity contribution < 1.29 is 27.5 Å². The summed E-state index contributed by atoms with van der Waals surface area (Å²) in [6.07, 6.45) is -3.27. The molecule has 132 valence electrons. The zero-order valence-corrected chi connectivity index (χ0v) is 13.2. The zero-order valence-electron chi connectivity index (χ0n) is 13.2. The first-order valence-corrected chi connectivity index (χ1v) is 7.52. The highest BCUT2D eigenvalue weighted by molar-refractivity contribution is 5.92. The number of alkyl halides is 3. The lowest BCUT2D eigenvalue weighted by Gasteiger charge is -2.31. The predicted molar refractivity (Wildman–Crippen MR) is 79.7 cm³/mol. The number of nitrogens with two attached hydrogens (primary N) is 1. The topological polar surface area (TPSA) is 81.4 Å². The number of rotatable bonds is 4. The van der Waals surface area contributed by atoms with Gasteiger partial charge in [-0.25, -0.2) is 0 Å². The Balaban J connectivity index is 2.30. The van der Waals surface area contributed by atoms with Crippen molar-refractivity contribution in [2.24, 2.45) is 11.7 Å².